The largest absolute Gasteiger partial charge is 0.459 e. The van der Waals surface area contributed by atoms with E-state index in [1.807, 2.05) is 38.1 Å². The molecule has 2 aromatic heterocycles. The second kappa shape index (κ2) is 6.19. The molecule has 0 unspecified atom stereocenters. The molecule has 2 heterocycles. The fourth-order valence-electron chi connectivity index (χ4n) is 3.95. The number of aromatic nitrogens is 2. The lowest BCUT2D eigenvalue weighted by Crippen LogP contribution is -2.28. The zero-order valence-electron chi connectivity index (χ0n) is 15.6. The minimum Gasteiger partial charge on any atom is -0.459 e. The highest BCUT2D eigenvalue weighted by molar-refractivity contribution is 5.85. The van der Waals surface area contributed by atoms with E-state index in [1.54, 1.807) is 6.07 Å². The maximum atomic E-state index is 13.5. The maximum Gasteiger partial charge on any atom is 0.224 e. The summed E-state index contributed by atoms with van der Waals surface area (Å²) in [5, 5.41) is 3.78. The van der Waals surface area contributed by atoms with Gasteiger partial charge in [-0.25, -0.2) is 9.37 Å². The van der Waals surface area contributed by atoms with E-state index in [1.165, 1.54) is 12.1 Å². The van der Waals surface area contributed by atoms with Gasteiger partial charge in [0.25, 0.3) is 0 Å². The van der Waals surface area contributed by atoms with E-state index < -0.39 is 0 Å². The van der Waals surface area contributed by atoms with Gasteiger partial charge in [0, 0.05) is 22.8 Å². The van der Waals surface area contributed by atoms with Crippen LogP contribution in [0.1, 0.15) is 42.5 Å². The van der Waals surface area contributed by atoms with Crippen LogP contribution in [-0.2, 0) is 4.79 Å². The lowest BCUT2D eigenvalue weighted by atomic mass is 10.1. The molecule has 0 bridgehead atoms. The van der Waals surface area contributed by atoms with E-state index in [0.29, 0.717) is 11.3 Å². The van der Waals surface area contributed by atoms with Crippen molar-refractivity contribution in [2.45, 2.75) is 32.2 Å². The van der Waals surface area contributed by atoms with Crippen molar-refractivity contribution >= 4 is 27.9 Å². The molecule has 1 amide bonds. The number of furan rings is 1. The minimum atomic E-state index is -0.300. The Labute approximate surface area is 161 Å². The number of nitrogens with zero attached hydrogens (tertiary/aromatic N) is 1. The number of para-hydroxylation sites is 2. The van der Waals surface area contributed by atoms with Crippen molar-refractivity contribution in [2.75, 3.05) is 0 Å². The van der Waals surface area contributed by atoms with Crippen LogP contribution in [0.3, 0.4) is 0 Å². The molecule has 0 spiro atoms. The molecule has 1 aliphatic rings. The number of benzene rings is 2. The topological polar surface area (TPSA) is 70.9 Å². The molecule has 2 N–H and O–H groups in total. The van der Waals surface area contributed by atoms with E-state index in [4.69, 9.17) is 4.42 Å². The summed E-state index contributed by atoms with van der Waals surface area (Å²) in [6.07, 6.45) is 0.780. The summed E-state index contributed by atoms with van der Waals surface area (Å²) in [6.45, 7) is 3.77. The second-order valence-electron chi connectivity index (χ2n) is 7.55. The van der Waals surface area contributed by atoms with Gasteiger partial charge in [-0.1, -0.05) is 12.1 Å². The van der Waals surface area contributed by atoms with Gasteiger partial charge in [0.05, 0.1) is 17.1 Å². The van der Waals surface area contributed by atoms with Crippen molar-refractivity contribution in [1.29, 1.82) is 0 Å². The number of fused-ring (bicyclic) bond motifs is 2. The van der Waals surface area contributed by atoms with Gasteiger partial charge in [0.1, 0.15) is 23.0 Å². The summed E-state index contributed by atoms with van der Waals surface area (Å²) in [5.74, 6) is 1.24. The van der Waals surface area contributed by atoms with E-state index in [0.717, 1.165) is 34.2 Å². The number of H-pyrrole nitrogens is 1. The number of aromatic amines is 1. The maximum absolute atomic E-state index is 13.5. The molecule has 4 aromatic rings. The molecule has 3 atom stereocenters. The number of hydrogen-bond donors (Lipinski definition) is 2. The van der Waals surface area contributed by atoms with Crippen molar-refractivity contribution in [3.8, 4) is 0 Å². The highest BCUT2D eigenvalue weighted by Crippen LogP contribution is 2.47. The molecule has 1 aliphatic carbocycles. The Morgan fingerprint density at radius 3 is 2.96 bits per heavy atom. The summed E-state index contributed by atoms with van der Waals surface area (Å²) >= 11 is 0. The number of nitrogens with one attached hydrogen (secondary N) is 2. The number of aryl methyl sites for hydroxylation is 1. The monoisotopic (exact) mass is 377 g/mol. The molecule has 142 valence electrons. The Morgan fingerprint density at radius 2 is 2.14 bits per heavy atom. The molecule has 1 saturated carbocycles. The van der Waals surface area contributed by atoms with Gasteiger partial charge >= 0.3 is 0 Å². The third-order valence-electron chi connectivity index (χ3n) is 5.57. The first kappa shape index (κ1) is 17.0. The van der Waals surface area contributed by atoms with Gasteiger partial charge in [-0.05, 0) is 50.6 Å². The number of hydrogen-bond acceptors (Lipinski definition) is 3. The summed E-state index contributed by atoms with van der Waals surface area (Å²) in [4.78, 5) is 20.6. The summed E-state index contributed by atoms with van der Waals surface area (Å²) in [5.41, 5.74) is 3.39. The number of imidazole rings is 1. The van der Waals surface area contributed by atoms with Gasteiger partial charge in [0.2, 0.25) is 5.91 Å². The molecule has 0 aliphatic heterocycles. The van der Waals surface area contributed by atoms with Crippen LogP contribution in [0, 0.1) is 18.7 Å². The number of amides is 1. The van der Waals surface area contributed by atoms with Crippen LogP contribution in [0.5, 0.6) is 0 Å². The molecular weight excluding hydrogens is 357 g/mol. The average molecular weight is 377 g/mol. The fourth-order valence-corrected chi connectivity index (χ4v) is 3.95. The van der Waals surface area contributed by atoms with Crippen molar-refractivity contribution in [2.24, 2.45) is 5.92 Å². The fraction of sp³-hybridized carbons (Fsp3) is 0.273. The normalized spacial score (nSPS) is 19.8. The first-order valence-corrected chi connectivity index (χ1v) is 9.45. The van der Waals surface area contributed by atoms with Gasteiger partial charge < -0.3 is 14.7 Å². The van der Waals surface area contributed by atoms with Crippen molar-refractivity contribution in [1.82, 2.24) is 15.3 Å². The molecule has 2 aromatic carbocycles. The van der Waals surface area contributed by atoms with Crippen molar-refractivity contribution < 1.29 is 13.6 Å². The summed E-state index contributed by atoms with van der Waals surface area (Å²) < 4.78 is 19.4. The van der Waals surface area contributed by atoms with Gasteiger partial charge in [-0.15, -0.1) is 0 Å². The van der Waals surface area contributed by atoms with Crippen molar-refractivity contribution in [3.63, 3.8) is 0 Å². The van der Waals surface area contributed by atoms with E-state index in [9.17, 15) is 9.18 Å². The quantitative estimate of drug-likeness (QED) is 0.540. The van der Waals surface area contributed by atoms with Crippen LogP contribution >= 0.6 is 0 Å². The Bertz CT molecular complexity index is 1180. The molecule has 6 heteroatoms. The molecule has 5 nitrogen and oxygen atoms in total. The van der Waals surface area contributed by atoms with E-state index >= 15 is 0 Å². The van der Waals surface area contributed by atoms with Gasteiger partial charge in [-0.3, -0.25) is 4.79 Å². The third kappa shape index (κ3) is 2.76. The first-order valence-electron chi connectivity index (χ1n) is 9.45. The van der Waals surface area contributed by atoms with E-state index in [2.05, 4.69) is 15.3 Å². The van der Waals surface area contributed by atoms with Gasteiger partial charge in [0.15, 0.2) is 0 Å². The van der Waals surface area contributed by atoms with Gasteiger partial charge in [-0.2, -0.15) is 0 Å². The Balaban J connectivity index is 1.31. The van der Waals surface area contributed by atoms with Crippen LogP contribution in [0.2, 0.25) is 0 Å². The van der Waals surface area contributed by atoms with Crippen LogP contribution in [0.15, 0.2) is 46.9 Å². The molecule has 0 radical (unpaired) electrons. The SMILES string of the molecule is Cc1c([C@@H](C)NC(=O)[C@H]2C[C@@H]2c2nc3ccccc3[nH]2)oc2ccc(F)cc12. The van der Waals surface area contributed by atoms with E-state index in [-0.39, 0.29) is 29.6 Å². The summed E-state index contributed by atoms with van der Waals surface area (Å²) in [6, 6.07) is 12.0. The first-order chi connectivity index (χ1) is 13.5. The van der Waals surface area contributed by atoms with Crippen LogP contribution in [0.25, 0.3) is 22.0 Å². The highest BCUT2D eigenvalue weighted by atomic mass is 19.1. The minimum absolute atomic E-state index is 0.0102. The third-order valence-corrected chi connectivity index (χ3v) is 5.57. The van der Waals surface area contributed by atoms with Crippen molar-refractivity contribution in [3.05, 3.63) is 65.4 Å². The Morgan fingerprint density at radius 1 is 1.32 bits per heavy atom. The van der Waals surface area contributed by atoms with Crippen LogP contribution in [0.4, 0.5) is 4.39 Å². The van der Waals surface area contributed by atoms with Crippen LogP contribution in [-0.4, -0.2) is 15.9 Å². The predicted molar refractivity (Wildman–Crippen MR) is 104 cm³/mol. The number of rotatable bonds is 4. The average Bonchev–Trinajstić information content (AvgIpc) is 3.27. The lowest BCUT2D eigenvalue weighted by Gasteiger charge is -2.12. The lowest BCUT2D eigenvalue weighted by molar-refractivity contribution is -0.123. The highest BCUT2D eigenvalue weighted by Gasteiger charge is 2.46. The zero-order valence-corrected chi connectivity index (χ0v) is 15.6. The summed E-state index contributed by atoms with van der Waals surface area (Å²) in [7, 11) is 0. The van der Waals surface area contributed by atoms with Crippen LogP contribution < -0.4 is 5.32 Å². The molecule has 28 heavy (non-hydrogen) atoms. The molecule has 1 fully saturated rings. The Kier molecular flexibility index (Phi) is 3.75. The zero-order chi connectivity index (χ0) is 19.4. The molecule has 5 rings (SSSR count). The number of carbonyl (C=O) groups excluding carboxylic acids is 1. The standard InChI is InChI=1S/C22H20FN3O2/c1-11-14-9-13(23)7-8-19(14)28-20(11)12(2)24-22(27)16-10-15(16)21-25-17-5-3-4-6-18(17)26-21/h3-9,12,15-16H,10H2,1-2H3,(H,24,27)(H,25,26)/t12-,15+,16+/m1/s1. The second-order valence-corrected chi connectivity index (χ2v) is 7.55. The number of carbonyl (C=O) groups is 1. The Hall–Kier alpha value is -3.15. The molecule has 0 saturated heterocycles. The smallest absolute Gasteiger partial charge is 0.224 e. The predicted octanol–water partition coefficient (Wildman–Crippen LogP) is 4.74. The molecular formula is C22H20FN3O2. The number of halogens is 1.